The number of ether oxygens (including phenoxy) is 1. The highest BCUT2D eigenvalue weighted by Gasteiger charge is 2.39. The summed E-state index contributed by atoms with van der Waals surface area (Å²) in [5.74, 6) is 0. The van der Waals surface area contributed by atoms with E-state index in [4.69, 9.17) is 4.74 Å². The van der Waals surface area contributed by atoms with Crippen molar-refractivity contribution >= 4 is 12.4 Å². The van der Waals surface area contributed by atoms with Crippen molar-refractivity contribution in [3.05, 3.63) is 12.7 Å². The smallest absolute Gasteiger partial charge is 0.410 e. The van der Waals surface area contributed by atoms with Crippen LogP contribution in [-0.2, 0) is 15.1 Å². The van der Waals surface area contributed by atoms with Gasteiger partial charge in [-0.25, -0.2) is 14.5 Å². The molecule has 110 valence electrons. The Bertz CT molecular complexity index is 470. The van der Waals surface area contributed by atoms with Gasteiger partial charge in [0.1, 0.15) is 30.1 Å². The van der Waals surface area contributed by atoms with Gasteiger partial charge in [-0.15, -0.1) is 0 Å². The number of hydrogen-bond acceptors (Lipinski definition) is 5. The minimum atomic E-state index is -0.699. The summed E-state index contributed by atoms with van der Waals surface area (Å²) < 4.78 is 6.91. The Labute approximate surface area is 117 Å². The Morgan fingerprint density at radius 2 is 2.00 bits per heavy atom. The molecule has 1 aromatic heterocycles. The third kappa shape index (κ3) is 2.97. The molecule has 20 heavy (non-hydrogen) atoms. The largest absolute Gasteiger partial charge is 0.444 e. The molecule has 2 rings (SSSR count). The van der Waals surface area contributed by atoms with Gasteiger partial charge in [0.05, 0.1) is 0 Å². The van der Waals surface area contributed by atoms with Crippen LogP contribution < -0.4 is 0 Å². The van der Waals surface area contributed by atoms with Crippen molar-refractivity contribution in [3.8, 4) is 0 Å². The summed E-state index contributed by atoms with van der Waals surface area (Å²) in [6, 6.07) is 0. The van der Waals surface area contributed by atoms with E-state index in [1.54, 1.807) is 9.58 Å². The van der Waals surface area contributed by atoms with Crippen LogP contribution in [0.1, 0.15) is 33.6 Å². The first-order valence-corrected chi connectivity index (χ1v) is 6.66. The van der Waals surface area contributed by atoms with Crippen LogP contribution in [0.3, 0.4) is 0 Å². The van der Waals surface area contributed by atoms with E-state index >= 15 is 0 Å². The molecule has 1 saturated heterocycles. The fraction of sp³-hybridized carbons (Fsp3) is 0.692. The second-order valence-electron chi connectivity index (χ2n) is 6.03. The molecule has 0 spiro atoms. The average Bonchev–Trinajstić information content (AvgIpc) is 2.91. The molecular weight excluding hydrogens is 260 g/mol. The number of piperidine rings is 1. The lowest BCUT2D eigenvalue weighted by Gasteiger charge is -2.38. The van der Waals surface area contributed by atoms with E-state index in [9.17, 15) is 9.59 Å². The van der Waals surface area contributed by atoms with Crippen LogP contribution in [0.5, 0.6) is 0 Å². The Balaban J connectivity index is 2.01. The maximum Gasteiger partial charge on any atom is 0.410 e. The first-order valence-electron chi connectivity index (χ1n) is 6.66. The summed E-state index contributed by atoms with van der Waals surface area (Å²) in [4.78, 5) is 29.0. The van der Waals surface area contributed by atoms with Crippen LogP contribution in [0.25, 0.3) is 0 Å². The van der Waals surface area contributed by atoms with Crippen LogP contribution in [-0.4, -0.2) is 50.7 Å². The van der Waals surface area contributed by atoms with Crippen molar-refractivity contribution in [2.24, 2.45) is 0 Å². The van der Waals surface area contributed by atoms with E-state index in [1.165, 1.54) is 12.7 Å². The molecule has 0 bridgehead atoms. The van der Waals surface area contributed by atoms with Crippen molar-refractivity contribution in [1.29, 1.82) is 0 Å². The SMILES string of the molecule is CC(C)(C)OC(=O)N1CCC(C=O)(n2cncn2)CC1. The van der Waals surface area contributed by atoms with E-state index in [0.717, 1.165) is 6.29 Å². The standard InChI is InChI=1S/C13H20N4O3/c1-12(2,3)20-11(19)16-6-4-13(8-18,5-7-16)17-10-14-9-15-17/h8-10H,4-7H2,1-3H3. The molecule has 1 aromatic rings. The molecule has 0 aromatic carbocycles. The van der Waals surface area contributed by atoms with Gasteiger partial charge in [0.15, 0.2) is 0 Å². The number of carbonyl (C=O) groups is 2. The fourth-order valence-corrected chi connectivity index (χ4v) is 2.24. The molecule has 7 heteroatoms. The van der Waals surface area contributed by atoms with E-state index in [1.807, 2.05) is 20.8 Å². The van der Waals surface area contributed by atoms with Crippen molar-refractivity contribution in [3.63, 3.8) is 0 Å². The zero-order valence-corrected chi connectivity index (χ0v) is 12.1. The molecule has 0 unspecified atom stereocenters. The minimum Gasteiger partial charge on any atom is -0.444 e. The molecule has 1 amide bonds. The molecule has 2 heterocycles. The summed E-state index contributed by atoms with van der Waals surface area (Å²) in [5.41, 5.74) is -1.21. The van der Waals surface area contributed by atoms with Crippen LogP contribution >= 0.6 is 0 Å². The number of nitrogens with zero attached hydrogens (tertiary/aromatic N) is 4. The van der Waals surface area contributed by atoms with Crippen LogP contribution in [0, 0.1) is 0 Å². The first-order chi connectivity index (χ1) is 9.36. The fourth-order valence-electron chi connectivity index (χ4n) is 2.24. The summed E-state index contributed by atoms with van der Waals surface area (Å²) in [6.45, 7) is 6.43. The third-order valence-corrected chi connectivity index (χ3v) is 3.38. The Kier molecular flexibility index (Phi) is 3.78. The van der Waals surface area contributed by atoms with Gasteiger partial charge in [-0.1, -0.05) is 0 Å². The van der Waals surface area contributed by atoms with Gasteiger partial charge in [-0.3, -0.25) is 0 Å². The second kappa shape index (κ2) is 5.22. The summed E-state index contributed by atoms with van der Waals surface area (Å²) >= 11 is 0. The molecule has 0 N–H and O–H groups in total. The number of aldehydes is 1. The van der Waals surface area contributed by atoms with Gasteiger partial charge in [0, 0.05) is 13.1 Å². The molecule has 7 nitrogen and oxygen atoms in total. The van der Waals surface area contributed by atoms with Gasteiger partial charge in [0.25, 0.3) is 0 Å². The van der Waals surface area contributed by atoms with E-state index in [-0.39, 0.29) is 6.09 Å². The van der Waals surface area contributed by atoms with E-state index in [0.29, 0.717) is 25.9 Å². The molecule has 1 aliphatic heterocycles. The monoisotopic (exact) mass is 280 g/mol. The predicted octanol–water partition coefficient (Wildman–Crippen LogP) is 1.20. The van der Waals surface area contributed by atoms with Crippen LogP contribution in [0.15, 0.2) is 12.7 Å². The van der Waals surface area contributed by atoms with E-state index in [2.05, 4.69) is 10.1 Å². The summed E-state index contributed by atoms with van der Waals surface area (Å²) in [6.07, 6.45) is 4.53. The maximum atomic E-state index is 12.0. The summed E-state index contributed by atoms with van der Waals surface area (Å²) in [5, 5.41) is 4.05. The Morgan fingerprint density at radius 3 is 2.45 bits per heavy atom. The highest BCUT2D eigenvalue weighted by molar-refractivity contribution is 5.69. The second-order valence-corrected chi connectivity index (χ2v) is 6.03. The average molecular weight is 280 g/mol. The molecule has 1 fully saturated rings. The zero-order valence-electron chi connectivity index (χ0n) is 12.1. The number of likely N-dealkylation sites (tertiary alicyclic amines) is 1. The topological polar surface area (TPSA) is 77.3 Å². The number of carbonyl (C=O) groups excluding carboxylic acids is 2. The molecule has 0 aliphatic carbocycles. The summed E-state index contributed by atoms with van der Waals surface area (Å²) in [7, 11) is 0. The van der Waals surface area contributed by atoms with Gasteiger partial charge < -0.3 is 14.4 Å². The lowest BCUT2D eigenvalue weighted by molar-refractivity contribution is -0.118. The third-order valence-electron chi connectivity index (χ3n) is 3.38. The van der Waals surface area contributed by atoms with Gasteiger partial charge >= 0.3 is 6.09 Å². The number of aromatic nitrogens is 3. The van der Waals surface area contributed by atoms with Crippen LogP contribution in [0.4, 0.5) is 4.79 Å². The highest BCUT2D eigenvalue weighted by Crippen LogP contribution is 2.28. The van der Waals surface area contributed by atoms with Gasteiger partial charge in [-0.05, 0) is 33.6 Å². The van der Waals surface area contributed by atoms with Crippen molar-refractivity contribution in [2.45, 2.75) is 44.8 Å². The van der Waals surface area contributed by atoms with Crippen molar-refractivity contribution in [2.75, 3.05) is 13.1 Å². The lowest BCUT2D eigenvalue weighted by Crippen LogP contribution is -2.50. The molecule has 1 aliphatic rings. The zero-order chi connectivity index (χ0) is 14.8. The van der Waals surface area contributed by atoms with E-state index < -0.39 is 11.1 Å². The van der Waals surface area contributed by atoms with Gasteiger partial charge in [0.2, 0.25) is 0 Å². The van der Waals surface area contributed by atoms with Crippen LogP contribution in [0.2, 0.25) is 0 Å². The van der Waals surface area contributed by atoms with Crippen molar-refractivity contribution in [1.82, 2.24) is 19.7 Å². The minimum absolute atomic E-state index is 0.337. The lowest BCUT2D eigenvalue weighted by atomic mass is 9.89. The Hall–Kier alpha value is -1.92. The molecule has 0 saturated carbocycles. The normalized spacial score (nSPS) is 18.6. The van der Waals surface area contributed by atoms with Crippen molar-refractivity contribution < 1.29 is 14.3 Å². The number of rotatable bonds is 2. The van der Waals surface area contributed by atoms with Gasteiger partial charge in [-0.2, -0.15) is 5.10 Å². The molecular formula is C13H20N4O3. The quantitative estimate of drug-likeness (QED) is 0.761. The molecule has 0 atom stereocenters. The predicted molar refractivity (Wildman–Crippen MR) is 71.1 cm³/mol. The maximum absolute atomic E-state index is 12.0. The Morgan fingerprint density at radius 1 is 1.35 bits per heavy atom. The number of hydrogen-bond donors (Lipinski definition) is 0. The highest BCUT2D eigenvalue weighted by atomic mass is 16.6. The number of amides is 1. The molecule has 0 radical (unpaired) electrons. The first kappa shape index (κ1) is 14.5.